The monoisotopic (exact) mass is 504 g/mol. The Hall–Kier alpha value is -1.36. The molecule has 0 amide bonds. The second kappa shape index (κ2) is 10.8. The number of guanidine groups is 1. The molecular weight excluding hydrogens is 475 g/mol. The van der Waals surface area contributed by atoms with E-state index in [1.807, 2.05) is 7.05 Å². The van der Waals surface area contributed by atoms with Crippen LogP contribution in [-0.4, -0.2) is 60.8 Å². The van der Waals surface area contributed by atoms with E-state index in [2.05, 4.69) is 61.6 Å². The van der Waals surface area contributed by atoms with Gasteiger partial charge in [0.25, 0.3) is 0 Å². The highest BCUT2D eigenvalue weighted by Gasteiger charge is 2.20. The van der Waals surface area contributed by atoms with Crippen LogP contribution in [0.1, 0.15) is 37.9 Å². The summed E-state index contributed by atoms with van der Waals surface area (Å²) in [7, 11) is 1.85. The topological polar surface area (TPSA) is 69.8 Å². The molecule has 1 aliphatic heterocycles. The molecule has 2 aromatic heterocycles. The lowest BCUT2D eigenvalue weighted by Crippen LogP contribution is -2.52. The molecular formula is C18H29IN6OS. The summed E-state index contributed by atoms with van der Waals surface area (Å²) in [4.78, 5) is 13.6. The minimum Gasteiger partial charge on any atom is -0.360 e. The second-order valence-corrected chi connectivity index (χ2v) is 7.63. The third kappa shape index (κ3) is 6.06. The molecule has 3 rings (SSSR count). The number of thiophene rings is 1. The zero-order valence-corrected chi connectivity index (χ0v) is 19.4. The zero-order chi connectivity index (χ0) is 18.4. The Balaban J connectivity index is 0.00000261. The smallest absolute Gasteiger partial charge is 0.226 e. The van der Waals surface area contributed by atoms with Gasteiger partial charge >= 0.3 is 0 Å². The Morgan fingerprint density at radius 2 is 2.11 bits per heavy atom. The van der Waals surface area contributed by atoms with Gasteiger partial charge in [-0.3, -0.25) is 4.99 Å². The van der Waals surface area contributed by atoms with Crippen LogP contribution in [0.2, 0.25) is 0 Å². The Morgan fingerprint density at radius 3 is 2.70 bits per heavy atom. The van der Waals surface area contributed by atoms with E-state index in [0.717, 1.165) is 63.2 Å². The molecule has 0 atom stereocenters. The third-order valence-electron chi connectivity index (χ3n) is 4.46. The maximum Gasteiger partial charge on any atom is 0.226 e. The van der Waals surface area contributed by atoms with Crippen LogP contribution in [0.5, 0.6) is 0 Å². The van der Waals surface area contributed by atoms with E-state index in [1.54, 1.807) is 11.3 Å². The summed E-state index contributed by atoms with van der Waals surface area (Å²) in [6.45, 7) is 9.01. The van der Waals surface area contributed by atoms with Gasteiger partial charge in [-0.05, 0) is 23.9 Å². The van der Waals surface area contributed by atoms with Crippen LogP contribution < -0.4 is 10.2 Å². The molecule has 1 N–H and O–H groups in total. The van der Waals surface area contributed by atoms with Crippen molar-refractivity contribution in [2.45, 2.75) is 32.6 Å². The van der Waals surface area contributed by atoms with Gasteiger partial charge in [-0.15, -0.1) is 35.3 Å². The molecule has 1 fully saturated rings. The molecule has 27 heavy (non-hydrogen) atoms. The normalized spacial score (nSPS) is 15.2. The van der Waals surface area contributed by atoms with E-state index in [9.17, 15) is 0 Å². The van der Waals surface area contributed by atoms with Gasteiger partial charge in [0.2, 0.25) is 5.89 Å². The number of hydrogen-bond acceptors (Lipinski definition) is 6. The maximum atomic E-state index is 5.29. The molecule has 150 valence electrons. The highest BCUT2D eigenvalue weighted by Crippen LogP contribution is 2.22. The summed E-state index contributed by atoms with van der Waals surface area (Å²) >= 11 is 1.80. The number of piperazine rings is 1. The van der Waals surface area contributed by atoms with Gasteiger partial charge in [-0.25, -0.2) is 0 Å². The van der Waals surface area contributed by atoms with Gasteiger partial charge in [0, 0.05) is 52.1 Å². The first kappa shape index (κ1) is 21.9. The van der Waals surface area contributed by atoms with Crippen molar-refractivity contribution in [1.29, 1.82) is 0 Å². The lowest BCUT2D eigenvalue weighted by molar-refractivity contribution is 0.364. The minimum atomic E-state index is 0. The fraction of sp³-hybridized carbons (Fsp3) is 0.611. The molecule has 0 aromatic carbocycles. The molecule has 9 heteroatoms. The molecule has 0 spiro atoms. The fourth-order valence-corrected chi connectivity index (χ4v) is 3.75. The number of anilines is 1. The Bertz CT molecular complexity index is 695. The molecule has 0 radical (unpaired) electrons. The van der Waals surface area contributed by atoms with Crippen molar-refractivity contribution < 1.29 is 4.52 Å². The summed E-state index contributed by atoms with van der Waals surface area (Å²) in [6.07, 6.45) is 1.73. The Kier molecular flexibility index (Phi) is 8.81. The van der Waals surface area contributed by atoms with E-state index in [0.29, 0.717) is 5.92 Å². The molecule has 0 bridgehead atoms. The van der Waals surface area contributed by atoms with Gasteiger partial charge in [0.1, 0.15) is 0 Å². The van der Waals surface area contributed by atoms with Gasteiger partial charge in [-0.2, -0.15) is 4.98 Å². The number of nitrogens with one attached hydrogen (secondary N) is 1. The van der Waals surface area contributed by atoms with E-state index < -0.39 is 0 Å². The molecule has 7 nitrogen and oxygen atoms in total. The molecule has 0 aliphatic carbocycles. The Labute approximate surface area is 182 Å². The predicted octanol–water partition coefficient (Wildman–Crippen LogP) is 3.20. The van der Waals surface area contributed by atoms with Gasteiger partial charge in [0.15, 0.2) is 11.8 Å². The van der Waals surface area contributed by atoms with Crippen LogP contribution in [0.3, 0.4) is 0 Å². The fourth-order valence-electron chi connectivity index (χ4n) is 2.96. The summed E-state index contributed by atoms with van der Waals surface area (Å²) < 4.78 is 5.29. The number of hydrogen-bond donors (Lipinski definition) is 1. The molecule has 3 heterocycles. The number of nitrogens with zero attached hydrogens (tertiary/aromatic N) is 5. The van der Waals surface area contributed by atoms with Crippen LogP contribution in [0.25, 0.3) is 0 Å². The third-order valence-corrected chi connectivity index (χ3v) is 5.39. The van der Waals surface area contributed by atoms with E-state index in [1.165, 1.54) is 5.00 Å². The van der Waals surface area contributed by atoms with Crippen molar-refractivity contribution in [2.24, 2.45) is 4.99 Å². The maximum absolute atomic E-state index is 5.29. The summed E-state index contributed by atoms with van der Waals surface area (Å²) in [5.41, 5.74) is 0. The van der Waals surface area contributed by atoms with Crippen molar-refractivity contribution >= 4 is 46.3 Å². The van der Waals surface area contributed by atoms with Gasteiger partial charge < -0.3 is 19.6 Å². The van der Waals surface area contributed by atoms with E-state index in [4.69, 9.17) is 4.52 Å². The van der Waals surface area contributed by atoms with Gasteiger partial charge in [0.05, 0.1) is 5.00 Å². The van der Waals surface area contributed by atoms with Crippen LogP contribution in [-0.2, 0) is 6.42 Å². The van der Waals surface area contributed by atoms with Crippen LogP contribution in [0.15, 0.2) is 27.0 Å². The van der Waals surface area contributed by atoms with Gasteiger partial charge in [-0.1, -0.05) is 19.0 Å². The van der Waals surface area contributed by atoms with Crippen molar-refractivity contribution in [3.05, 3.63) is 29.2 Å². The first-order valence-corrected chi connectivity index (χ1v) is 10.1. The molecule has 0 unspecified atom stereocenters. The number of aryl methyl sites for hydroxylation is 1. The van der Waals surface area contributed by atoms with Crippen molar-refractivity contribution in [2.75, 3.05) is 44.7 Å². The number of aliphatic imine (C=N–C) groups is 1. The molecule has 2 aromatic rings. The lowest BCUT2D eigenvalue weighted by Gasteiger charge is -2.37. The summed E-state index contributed by atoms with van der Waals surface area (Å²) in [5.74, 6) is 2.78. The molecule has 1 saturated heterocycles. The standard InChI is InChI=1S/C18H28N6OS.HI/c1-14(2)17-21-15(25-22-17)6-4-8-20-18(19-3)24-11-9-23(10-12-24)16-7-5-13-26-16;/h5,7,13-14H,4,6,8-12H2,1-3H3,(H,19,20);1H. The Morgan fingerprint density at radius 1 is 1.33 bits per heavy atom. The van der Waals surface area contributed by atoms with Crippen LogP contribution in [0.4, 0.5) is 5.00 Å². The molecule has 1 aliphatic rings. The quantitative estimate of drug-likeness (QED) is 0.282. The van der Waals surface area contributed by atoms with E-state index >= 15 is 0 Å². The SMILES string of the molecule is CN=C(NCCCc1nc(C(C)C)no1)N1CCN(c2cccs2)CC1.I. The van der Waals surface area contributed by atoms with Crippen molar-refractivity contribution in [3.63, 3.8) is 0 Å². The van der Waals surface area contributed by atoms with Crippen LogP contribution >= 0.6 is 35.3 Å². The zero-order valence-electron chi connectivity index (χ0n) is 16.2. The average Bonchev–Trinajstić information content (AvgIpc) is 3.34. The first-order valence-electron chi connectivity index (χ1n) is 9.24. The highest BCUT2D eigenvalue weighted by atomic mass is 127. The summed E-state index contributed by atoms with van der Waals surface area (Å²) in [6, 6.07) is 4.30. The highest BCUT2D eigenvalue weighted by molar-refractivity contribution is 14.0. The number of rotatable bonds is 6. The number of aromatic nitrogens is 2. The predicted molar refractivity (Wildman–Crippen MR) is 122 cm³/mol. The number of halogens is 1. The minimum absolute atomic E-state index is 0. The first-order chi connectivity index (χ1) is 12.7. The lowest BCUT2D eigenvalue weighted by atomic mass is 10.2. The van der Waals surface area contributed by atoms with Crippen molar-refractivity contribution in [1.82, 2.24) is 20.4 Å². The largest absolute Gasteiger partial charge is 0.360 e. The van der Waals surface area contributed by atoms with Crippen LogP contribution in [0, 0.1) is 0 Å². The van der Waals surface area contributed by atoms with Crippen molar-refractivity contribution in [3.8, 4) is 0 Å². The molecule has 0 saturated carbocycles. The second-order valence-electron chi connectivity index (χ2n) is 6.70. The summed E-state index contributed by atoms with van der Waals surface area (Å²) in [5, 5.41) is 11.0. The average molecular weight is 504 g/mol. The van der Waals surface area contributed by atoms with E-state index in [-0.39, 0.29) is 24.0 Å².